The zero-order chi connectivity index (χ0) is 17.3. The summed E-state index contributed by atoms with van der Waals surface area (Å²) in [5.41, 5.74) is 3.02. The van der Waals surface area contributed by atoms with Gasteiger partial charge in [0.25, 0.3) is 11.1 Å². The van der Waals surface area contributed by atoms with Crippen LogP contribution >= 0.6 is 11.8 Å². The Hall–Kier alpha value is -2.53. The Morgan fingerprint density at radius 3 is 2.58 bits per heavy atom. The SMILES string of the molecule is C=CC(C)N1C(=O)S/C(=C/c2cc(C)n(-c3ccccc3)c2)C1=O. The predicted molar refractivity (Wildman–Crippen MR) is 98.0 cm³/mol. The van der Waals surface area contributed by atoms with Crippen LogP contribution in [0, 0.1) is 6.92 Å². The number of rotatable bonds is 4. The highest BCUT2D eigenvalue weighted by molar-refractivity contribution is 8.18. The molecule has 4 nitrogen and oxygen atoms in total. The molecule has 0 spiro atoms. The number of hydrogen-bond acceptors (Lipinski definition) is 3. The highest BCUT2D eigenvalue weighted by atomic mass is 32.2. The molecular formula is C19H18N2O2S. The van der Waals surface area contributed by atoms with Crippen LogP contribution in [0.4, 0.5) is 4.79 Å². The van der Waals surface area contributed by atoms with Crippen LogP contribution < -0.4 is 0 Å². The number of thioether (sulfide) groups is 1. The van der Waals surface area contributed by atoms with Crippen molar-refractivity contribution in [1.82, 2.24) is 9.47 Å². The highest BCUT2D eigenvalue weighted by Gasteiger charge is 2.37. The molecule has 0 bridgehead atoms. The zero-order valence-corrected chi connectivity index (χ0v) is 14.4. The third-order valence-electron chi connectivity index (χ3n) is 3.94. The van der Waals surface area contributed by atoms with E-state index in [9.17, 15) is 9.59 Å². The van der Waals surface area contributed by atoms with Crippen LogP contribution in [-0.4, -0.2) is 26.7 Å². The van der Waals surface area contributed by atoms with Gasteiger partial charge in [0.1, 0.15) is 0 Å². The zero-order valence-electron chi connectivity index (χ0n) is 13.6. The fourth-order valence-corrected chi connectivity index (χ4v) is 3.55. The number of aryl methyl sites for hydroxylation is 1. The monoisotopic (exact) mass is 338 g/mol. The molecule has 24 heavy (non-hydrogen) atoms. The summed E-state index contributed by atoms with van der Waals surface area (Å²) in [5.74, 6) is -0.262. The number of aromatic nitrogens is 1. The Morgan fingerprint density at radius 2 is 1.92 bits per heavy atom. The lowest BCUT2D eigenvalue weighted by Gasteiger charge is -2.17. The molecule has 1 atom stereocenters. The van der Waals surface area contributed by atoms with Gasteiger partial charge < -0.3 is 4.57 Å². The molecule has 1 aromatic heterocycles. The van der Waals surface area contributed by atoms with Crippen LogP contribution in [0.1, 0.15) is 18.2 Å². The Balaban J connectivity index is 1.92. The predicted octanol–water partition coefficient (Wildman–Crippen LogP) is 4.40. The molecular weight excluding hydrogens is 320 g/mol. The van der Waals surface area contributed by atoms with Gasteiger partial charge in [0.05, 0.1) is 10.9 Å². The van der Waals surface area contributed by atoms with E-state index >= 15 is 0 Å². The van der Waals surface area contributed by atoms with Crippen molar-refractivity contribution >= 4 is 29.0 Å². The maximum absolute atomic E-state index is 12.4. The molecule has 2 heterocycles. The fraction of sp³-hybridized carbons (Fsp3) is 0.158. The van der Waals surface area contributed by atoms with E-state index < -0.39 is 0 Å². The summed E-state index contributed by atoms with van der Waals surface area (Å²) in [4.78, 5) is 26.2. The molecule has 1 fully saturated rings. The van der Waals surface area contributed by atoms with E-state index in [0.717, 1.165) is 28.7 Å². The van der Waals surface area contributed by atoms with Gasteiger partial charge >= 0.3 is 0 Å². The maximum Gasteiger partial charge on any atom is 0.294 e. The van der Waals surface area contributed by atoms with Gasteiger partial charge in [-0.3, -0.25) is 14.5 Å². The van der Waals surface area contributed by atoms with Gasteiger partial charge in [0, 0.05) is 17.6 Å². The second-order valence-corrected chi connectivity index (χ2v) is 6.64. The number of benzene rings is 1. The second kappa shape index (κ2) is 6.53. The highest BCUT2D eigenvalue weighted by Crippen LogP contribution is 2.34. The van der Waals surface area contributed by atoms with Crippen molar-refractivity contribution in [2.75, 3.05) is 0 Å². The minimum Gasteiger partial charge on any atom is -0.321 e. The molecule has 0 aliphatic carbocycles. The summed E-state index contributed by atoms with van der Waals surface area (Å²) in [5, 5.41) is -0.252. The van der Waals surface area contributed by atoms with Gasteiger partial charge in [-0.25, -0.2) is 0 Å². The molecule has 1 aliphatic rings. The summed E-state index contributed by atoms with van der Waals surface area (Å²) in [6.07, 6.45) is 5.33. The van der Waals surface area contributed by atoms with Gasteiger partial charge in [-0.2, -0.15) is 0 Å². The lowest BCUT2D eigenvalue weighted by molar-refractivity contribution is -0.123. The van der Waals surface area contributed by atoms with Crippen LogP contribution in [0.25, 0.3) is 11.8 Å². The number of hydrogen-bond donors (Lipinski definition) is 0. The Kier molecular flexibility index (Phi) is 4.44. The summed E-state index contributed by atoms with van der Waals surface area (Å²) in [6.45, 7) is 7.44. The number of para-hydroxylation sites is 1. The number of amides is 2. The van der Waals surface area contributed by atoms with Gasteiger partial charge in [-0.15, -0.1) is 6.58 Å². The number of imide groups is 1. The van der Waals surface area contributed by atoms with Crippen molar-refractivity contribution in [3.05, 3.63) is 71.4 Å². The van der Waals surface area contributed by atoms with Crippen molar-refractivity contribution < 1.29 is 9.59 Å². The summed E-state index contributed by atoms with van der Waals surface area (Å²) >= 11 is 0.973. The fourth-order valence-electron chi connectivity index (χ4n) is 2.63. The van der Waals surface area contributed by atoms with Crippen molar-refractivity contribution in [2.45, 2.75) is 19.9 Å². The largest absolute Gasteiger partial charge is 0.321 e. The van der Waals surface area contributed by atoms with Gasteiger partial charge in [0.2, 0.25) is 0 Å². The molecule has 3 rings (SSSR count). The van der Waals surface area contributed by atoms with Gasteiger partial charge in [-0.1, -0.05) is 24.3 Å². The molecule has 1 unspecified atom stereocenters. The topological polar surface area (TPSA) is 42.3 Å². The van der Waals surface area contributed by atoms with Crippen molar-refractivity contribution in [3.63, 3.8) is 0 Å². The first-order valence-electron chi connectivity index (χ1n) is 7.65. The molecule has 0 saturated carbocycles. The molecule has 122 valence electrons. The van der Waals surface area contributed by atoms with Crippen molar-refractivity contribution in [3.8, 4) is 5.69 Å². The summed E-state index contributed by atoms with van der Waals surface area (Å²) in [6, 6.07) is 11.7. The third kappa shape index (κ3) is 2.95. The molecule has 0 radical (unpaired) electrons. The molecule has 2 amide bonds. The quantitative estimate of drug-likeness (QED) is 0.613. The minimum absolute atomic E-state index is 0.252. The molecule has 0 N–H and O–H groups in total. The first-order chi connectivity index (χ1) is 11.5. The van der Waals surface area contributed by atoms with Crippen LogP contribution in [0.3, 0.4) is 0 Å². The lowest BCUT2D eigenvalue weighted by Crippen LogP contribution is -2.35. The van der Waals surface area contributed by atoms with E-state index in [1.807, 2.05) is 49.5 Å². The van der Waals surface area contributed by atoms with Gasteiger partial charge in [0.15, 0.2) is 0 Å². The van der Waals surface area contributed by atoms with Crippen LogP contribution in [-0.2, 0) is 4.79 Å². The van der Waals surface area contributed by atoms with Crippen LogP contribution in [0.2, 0.25) is 0 Å². The lowest BCUT2D eigenvalue weighted by atomic mass is 10.2. The Labute approximate surface area is 145 Å². The molecule has 1 aromatic carbocycles. The van der Waals surface area contributed by atoms with Gasteiger partial charge in [-0.05, 0) is 55.4 Å². The van der Waals surface area contributed by atoms with Crippen LogP contribution in [0.5, 0.6) is 0 Å². The number of nitrogens with zero attached hydrogens (tertiary/aromatic N) is 2. The maximum atomic E-state index is 12.4. The molecule has 5 heteroatoms. The Bertz CT molecular complexity index is 836. The minimum atomic E-state index is -0.306. The molecule has 2 aromatic rings. The summed E-state index contributed by atoms with van der Waals surface area (Å²) in [7, 11) is 0. The smallest absolute Gasteiger partial charge is 0.294 e. The van der Waals surface area contributed by atoms with E-state index in [0.29, 0.717) is 4.91 Å². The third-order valence-corrected chi connectivity index (χ3v) is 4.82. The molecule has 1 aliphatic heterocycles. The van der Waals surface area contributed by atoms with Crippen molar-refractivity contribution in [2.24, 2.45) is 0 Å². The first-order valence-corrected chi connectivity index (χ1v) is 8.47. The second-order valence-electron chi connectivity index (χ2n) is 5.65. The van der Waals surface area contributed by atoms with Crippen molar-refractivity contribution in [1.29, 1.82) is 0 Å². The standard InChI is InChI=1S/C19H18N2O2S/c1-4-13(2)21-18(22)17(24-19(21)23)11-15-10-14(3)20(12-15)16-8-6-5-7-9-16/h4-13H,1H2,2-3H3/b17-11+. The van der Waals surface area contributed by atoms with E-state index in [1.54, 1.807) is 19.1 Å². The van der Waals surface area contributed by atoms with E-state index in [2.05, 4.69) is 11.1 Å². The molecule has 1 saturated heterocycles. The number of carbonyl (C=O) groups excluding carboxylic acids is 2. The van der Waals surface area contributed by atoms with E-state index in [1.165, 1.54) is 4.90 Å². The average molecular weight is 338 g/mol. The van der Waals surface area contributed by atoms with Crippen LogP contribution in [0.15, 0.2) is 60.2 Å². The number of carbonyl (C=O) groups is 2. The average Bonchev–Trinajstić information content (AvgIpc) is 3.07. The Morgan fingerprint density at radius 1 is 1.21 bits per heavy atom. The normalized spacial score (nSPS) is 17.6. The summed E-state index contributed by atoms with van der Waals surface area (Å²) < 4.78 is 2.06. The first kappa shape index (κ1) is 16.3. The van der Waals surface area contributed by atoms with E-state index in [4.69, 9.17) is 0 Å². The van der Waals surface area contributed by atoms with E-state index in [-0.39, 0.29) is 17.2 Å².